The third kappa shape index (κ3) is 7.90. The summed E-state index contributed by atoms with van der Waals surface area (Å²) in [6, 6.07) is 9.87. The number of carbonyl (C=O) groups is 1. The van der Waals surface area contributed by atoms with Crippen LogP contribution >= 0.6 is 0 Å². The molecule has 0 fully saturated rings. The lowest BCUT2D eigenvalue weighted by Crippen LogP contribution is -2.34. The van der Waals surface area contributed by atoms with Gasteiger partial charge >= 0.3 is 6.30 Å². The highest BCUT2D eigenvalue weighted by molar-refractivity contribution is 5.81. The van der Waals surface area contributed by atoms with Gasteiger partial charge in [-0.2, -0.15) is 15.0 Å². The van der Waals surface area contributed by atoms with E-state index in [-0.39, 0.29) is 27.6 Å². The molecule has 0 amide bonds. The van der Waals surface area contributed by atoms with Gasteiger partial charge in [-0.1, -0.05) is 31.2 Å². The molecule has 0 radical (unpaired) electrons. The molecule has 4 aromatic rings. The van der Waals surface area contributed by atoms with Gasteiger partial charge in [0.05, 0.1) is 23.9 Å². The second kappa shape index (κ2) is 13.0. The van der Waals surface area contributed by atoms with Crippen LogP contribution in [-0.4, -0.2) is 31.8 Å². The van der Waals surface area contributed by atoms with E-state index in [0.717, 1.165) is 36.7 Å². The van der Waals surface area contributed by atoms with Gasteiger partial charge in [-0.15, -0.1) is 23.4 Å². The molecule has 2 heterocycles. The number of hydrogen-bond acceptors (Lipinski definition) is 7. The van der Waals surface area contributed by atoms with Gasteiger partial charge in [0.15, 0.2) is 0 Å². The molecule has 0 bridgehead atoms. The number of nitrogens with two attached hydrogens (primary N) is 1. The molecule has 0 aliphatic carbocycles. The monoisotopic (exact) mass is 620 g/mol. The van der Waals surface area contributed by atoms with Gasteiger partial charge in [-0.3, -0.25) is 4.79 Å². The smallest absolute Gasteiger partial charge is 0.419 e. The fourth-order valence-electron chi connectivity index (χ4n) is 3.95. The number of hydrogen-bond donors (Lipinski definition) is 1. The molecular formula is C30H30F6N6O2. The van der Waals surface area contributed by atoms with Gasteiger partial charge in [-0.05, 0) is 62.9 Å². The average molecular weight is 621 g/mol. The molecule has 4 rings (SSSR count). The minimum absolute atomic E-state index is 0.00999. The fourth-order valence-corrected chi connectivity index (χ4v) is 3.95. The van der Waals surface area contributed by atoms with E-state index in [1.165, 1.54) is 13.1 Å². The normalized spacial score (nSPS) is 12.7. The van der Waals surface area contributed by atoms with Crippen LogP contribution in [0.25, 0.3) is 22.6 Å². The number of benzene rings is 2. The predicted octanol–water partition coefficient (Wildman–Crippen LogP) is 6.97. The molecule has 2 aromatic heterocycles. The molecule has 0 spiro atoms. The van der Waals surface area contributed by atoms with Crippen molar-refractivity contribution in [1.29, 1.82) is 5.26 Å². The van der Waals surface area contributed by atoms with E-state index < -0.39 is 47.3 Å². The van der Waals surface area contributed by atoms with Crippen LogP contribution in [0.15, 0.2) is 53.2 Å². The highest BCUT2D eigenvalue weighted by Crippen LogP contribution is 2.38. The number of carbonyl (C=O) groups excluding carboxylic acids is 1. The van der Waals surface area contributed by atoms with Crippen LogP contribution in [0.4, 0.5) is 26.3 Å². The number of nitriles is 1. The third-order valence-electron chi connectivity index (χ3n) is 6.71. The number of Topliss-reactive ketones (excluding diaryl/α,β-unsaturated/α-hetero) is 1. The molecule has 2 aromatic carbocycles. The van der Waals surface area contributed by atoms with Crippen LogP contribution in [-0.2, 0) is 28.9 Å². The van der Waals surface area contributed by atoms with Crippen molar-refractivity contribution in [3.05, 3.63) is 77.2 Å². The van der Waals surface area contributed by atoms with Gasteiger partial charge in [0.2, 0.25) is 5.89 Å². The van der Waals surface area contributed by atoms with Crippen molar-refractivity contribution in [1.82, 2.24) is 20.0 Å². The summed E-state index contributed by atoms with van der Waals surface area (Å²) in [6.45, 7) is 7.62. The van der Waals surface area contributed by atoms with Gasteiger partial charge in [0.1, 0.15) is 17.0 Å². The van der Waals surface area contributed by atoms with E-state index >= 15 is 0 Å². The standard InChI is InChI=1S/C18H19F3N4O2.C12H11F3N2/c1-9-5-11(15-24-25-16(27-15)17(3,4)8-22)13(19)6-12(9)18(20,21)7-14(23)10(2)26;1-2-9-3-5-10(6-4-9)11-7-16-17(8-11)12(13,14)15/h5-6,14H,7,23H2,1-4H3;3-8H,2H2,1H3. The molecule has 1 atom stereocenters. The lowest BCUT2D eigenvalue weighted by atomic mass is 9.94. The minimum atomic E-state index is -4.46. The molecule has 0 saturated heterocycles. The number of alkyl halides is 5. The Labute approximate surface area is 249 Å². The molecule has 1 unspecified atom stereocenters. The van der Waals surface area contributed by atoms with E-state index in [1.54, 1.807) is 26.0 Å². The van der Waals surface area contributed by atoms with E-state index in [4.69, 9.17) is 15.4 Å². The molecule has 2 N–H and O–H groups in total. The molecule has 234 valence electrons. The van der Waals surface area contributed by atoms with Crippen LogP contribution in [0.5, 0.6) is 0 Å². The highest BCUT2D eigenvalue weighted by Gasteiger charge is 2.38. The van der Waals surface area contributed by atoms with Gasteiger partial charge in [-0.25, -0.2) is 13.2 Å². The molecule has 14 heteroatoms. The van der Waals surface area contributed by atoms with Crippen LogP contribution in [0.2, 0.25) is 0 Å². The maximum Gasteiger partial charge on any atom is 0.504 e. The quantitative estimate of drug-likeness (QED) is 0.211. The third-order valence-corrected chi connectivity index (χ3v) is 6.71. The summed E-state index contributed by atoms with van der Waals surface area (Å²) in [5, 5.41) is 19.8. The van der Waals surface area contributed by atoms with Crippen molar-refractivity contribution in [2.24, 2.45) is 5.73 Å². The Kier molecular flexibility index (Phi) is 10.0. The van der Waals surface area contributed by atoms with Crippen molar-refractivity contribution in [3.63, 3.8) is 0 Å². The van der Waals surface area contributed by atoms with Crippen molar-refractivity contribution in [3.8, 4) is 28.7 Å². The topological polar surface area (TPSA) is 124 Å². The van der Waals surface area contributed by atoms with Crippen molar-refractivity contribution in [2.75, 3.05) is 0 Å². The zero-order valence-electron chi connectivity index (χ0n) is 24.5. The Morgan fingerprint density at radius 3 is 2.25 bits per heavy atom. The van der Waals surface area contributed by atoms with E-state index in [0.29, 0.717) is 11.6 Å². The second-order valence-electron chi connectivity index (χ2n) is 10.6. The van der Waals surface area contributed by atoms with Crippen LogP contribution < -0.4 is 5.73 Å². The van der Waals surface area contributed by atoms with Gasteiger partial charge < -0.3 is 10.2 Å². The Hall–Kier alpha value is -4.51. The first-order valence-electron chi connectivity index (χ1n) is 13.3. The summed E-state index contributed by atoms with van der Waals surface area (Å²) in [4.78, 5) is 11.2. The fraction of sp³-hybridized carbons (Fsp3) is 0.367. The maximum absolute atomic E-state index is 14.5. The molecular weight excluding hydrogens is 590 g/mol. The Balaban J connectivity index is 0.000000266. The highest BCUT2D eigenvalue weighted by atomic mass is 19.4. The Morgan fingerprint density at radius 1 is 1.09 bits per heavy atom. The Morgan fingerprint density at radius 2 is 1.73 bits per heavy atom. The second-order valence-corrected chi connectivity index (χ2v) is 10.6. The molecule has 8 nitrogen and oxygen atoms in total. The van der Waals surface area contributed by atoms with E-state index in [2.05, 4.69) is 15.3 Å². The first-order chi connectivity index (χ1) is 20.4. The summed E-state index contributed by atoms with van der Waals surface area (Å²) >= 11 is 0. The Bertz CT molecular complexity index is 1650. The maximum atomic E-state index is 14.5. The molecule has 44 heavy (non-hydrogen) atoms. The molecule has 0 aliphatic rings. The van der Waals surface area contributed by atoms with E-state index in [1.807, 2.05) is 25.1 Å². The molecule has 0 saturated carbocycles. The number of ketones is 1. The SMILES string of the molecule is CC(=O)C(N)CC(F)(F)c1cc(F)c(-c2nnc(C(C)(C)C#N)o2)cc1C.CCc1ccc(-c2cnn(C(F)(F)F)c2)cc1. The first kappa shape index (κ1) is 34.0. The minimum Gasteiger partial charge on any atom is -0.419 e. The average Bonchev–Trinajstić information content (AvgIpc) is 3.65. The summed E-state index contributed by atoms with van der Waals surface area (Å²) in [5.74, 6) is -5.29. The van der Waals surface area contributed by atoms with Crippen LogP contribution in [0.3, 0.4) is 0 Å². The van der Waals surface area contributed by atoms with Crippen molar-refractivity contribution < 1.29 is 35.6 Å². The lowest BCUT2D eigenvalue weighted by molar-refractivity contribution is -0.212. The van der Waals surface area contributed by atoms with Crippen molar-refractivity contribution >= 4 is 5.78 Å². The van der Waals surface area contributed by atoms with E-state index in [9.17, 15) is 31.1 Å². The predicted molar refractivity (Wildman–Crippen MR) is 149 cm³/mol. The summed E-state index contributed by atoms with van der Waals surface area (Å²) in [6.07, 6.45) is -2.28. The van der Waals surface area contributed by atoms with Crippen molar-refractivity contribution in [2.45, 2.75) is 71.1 Å². The number of rotatable bonds is 8. The number of nitrogens with zero attached hydrogens (tertiary/aromatic N) is 5. The van der Waals surface area contributed by atoms with Gasteiger partial charge in [0.25, 0.3) is 11.8 Å². The number of aromatic nitrogens is 4. The summed E-state index contributed by atoms with van der Waals surface area (Å²) < 4.78 is 85.8. The number of halogens is 6. The summed E-state index contributed by atoms with van der Waals surface area (Å²) in [7, 11) is 0. The van der Waals surface area contributed by atoms with Crippen LogP contribution in [0, 0.1) is 24.1 Å². The largest absolute Gasteiger partial charge is 0.504 e. The lowest BCUT2D eigenvalue weighted by Gasteiger charge is -2.22. The molecule has 0 aliphatic heterocycles. The van der Waals surface area contributed by atoms with Crippen LogP contribution in [0.1, 0.15) is 56.7 Å². The zero-order valence-corrected chi connectivity index (χ0v) is 24.5. The first-order valence-corrected chi connectivity index (χ1v) is 13.3. The number of aryl methyl sites for hydroxylation is 2. The van der Waals surface area contributed by atoms with Gasteiger partial charge in [0, 0.05) is 23.7 Å². The zero-order chi connectivity index (χ0) is 33.0. The summed E-state index contributed by atoms with van der Waals surface area (Å²) in [5.41, 5.74) is 6.04.